The summed E-state index contributed by atoms with van der Waals surface area (Å²) in [6, 6.07) is 8.93. The number of nitrogen functional groups attached to an aromatic ring is 1. The minimum atomic E-state index is -1.60. The average molecular weight is 281 g/mol. The van der Waals surface area contributed by atoms with Crippen LogP contribution in [0, 0.1) is 0 Å². The average Bonchev–Trinajstić information content (AvgIpc) is 2.39. The summed E-state index contributed by atoms with van der Waals surface area (Å²) in [6.45, 7) is 6.00. The zero-order valence-corrected chi connectivity index (χ0v) is 13.4. The van der Waals surface area contributed by atoms with Crippen molar-refractivity contribution >= 4 is 15.0 Å². The van der Waals surface area contributed by atoms with Gasteiger partial charge in [0.2, 0.25) is 0 Å². The Bertz CT molecular complexity index is 337. The molecule has 0 heterocycles. The van der Waals surface area contributed by atoms with E-state index in [1.807, 2.05) is 18.2 Å². The molecule has 0 saturated heterocycles. The van der Waals surface area contributed by atoms with Crippen LogP contribution in [0.3, 0.4) is 0 Å². The van der Waals surface area contributed by atoms with Gasteiger partial charge in [-0.1, -0.05) is 38.8 Å². The fraction of sp³-hybridized carbons (Fsp3) is 0.600. The number of rotatable bonds is 10. The van der Waals surface area contributed by atoms with Gasteiger partial charge in [-0.15, -0.1) is 0 Å². The third kappa shape index (κ3) is 7.35. The summed E-state index contributed by atoms with van der Waals surface area (Å²) < 4.78 is 11.9. The van der Waals surface area contributed by atoms with Crippen LogP contribution in [0.4, 0.5) is 5.69 Å². The lowest BCUT2D eigenvalue weighted by Crippen LogP contribution is -2.27. The maximum atomic E-state index is 5.95. The predicted octanol–water partition coefficient (Wildman–Crippen LogP) is 3.20. The molecule has 0 amide bonds. The molecule has 1 aromatic rings. The van der Waals surface area contributed by atoms with E-state index in [9.17, 15) is 0 Å². The third-order valence-electron chi connectivity index (χ3n) is 2.96. The molecule has 0 radical (unpaired) electrons. The molecule has 19 heavy (non-hydrogen) atoms. The van der Waals surface area contributed by atoms with Crippen molar-refractivity contribution in [3.8, 4) is 0 Å². The Morgan fingerprint density at radius 1 is 1.05 bits per heavy atom. The van der Waals surface area contributed by atoms with Gasteiger partial charge in [0, 0.05) is 24.9 Å². The van der Waals surface area contributed by atoms with Crippen LogP contribution in [0.15, 0.2) is 24.3 Å². The summed E-state index contributed by atoms with van der Waals surface area (Å²) in [7, 11) is -1.60. The largest absolute Gasteiger partial charge is 0.399 e. The molecule has 108 valence electrons. The molecule has 0 atom stereocenters. The van der Waals surface area contributed by atoms with Gasteiger partial charge < -0.3 is 14.6 Å². The quantitative estimate of drug-likeness (QED) is 0.407. The maximum absolute atomic E-state index is 5.95. The second-order valence-electron chi connectivity index (χ2n) is 4.83. The van der Waals surface area contributed by atoms with Gasteiger partial charge in [0.05, 0.1) is 0 Å². The Balaban J connectivity index is 2.46. The van der Waals surface area contributed by atoms with Crippen LogP contribution in [0.1, 0.15) is 45.1 Å². The zero-order valence-electron chi connectivity index (χ0n) is 12.2. The van der Waals surface area contributed by atoms with Crippen molar-refractivity contribution in [2.24, 2.45) is 0 Å². The zero-order chi connectivity index (χ0) is 13.9. The Morgan fingerprint density at radius 2 is 1.68 bits per heavy atom. The molecule has 2 N–H and O–H groups in total. The fourth-order valence-electron chi connectivity index (χ4n) is 1.80. The highest BCUT2D eigenvalue weighted by atomic mass is 28.3. The highest BCUT2D eigenvalue weighted by Crippen LogP contribution is 2.10. The van der Waals surface area contributed by atoms with Crippen molar-refractivity contribution in [2.75, 3.05) is 18.9 Å². The summed E-state index contributed by atoms with van der Waals surface area (Å²) >= 11 is 0. The van der Waals surface area contributed by atoms with Gasteiger partial charge >= 0.3 is 9.28 Å². The van der Waals surface area contributed by atoms with Crippen molar-refractivity contribution in [1.82, 2.24) is 0 Å². The highest BCUT2D eigenvalue weighted by molar-refractivity contribution is 6.43. The molecule has 1 aromatic carbocycles. The first-order chi connectivity index (χ1) is 9.26. The smallest absolute Gasteiger partial charge is 0.325 e. The SMILES string of the molecule is CCCCO[SiH](Cc1cccc(N)c1)OCCCC. The van der Waals surface area contributed by atoms with Gasteiger partial charge in [-0.2, -0.15) is 0 Å². The van der Waals surface area contributed by atoms with E-state index in [1.165, 1.54) is 5.56 Å². The predicted molar refractivity (Wildman–Crippen MR) is 83.4 cm³/mol. The Labute approximate surface area is 119 Å². The fourth-order valence-corrected chi connectivity index (χ4v) is 3.63. The minimum absolute atomic E-state index is 0.812. The van der Waals surface area contributed by atoms with Crippen LogP contribution in [-0.2, 0) is 14.9 Å². The van der Waals surface area contributed by atoms with E-state index in [0.29, 0.717) is 0 Å². The van der Waals surface area contributed by atoms with Crippen molar-refractivity contribution in [3.05, 3.63) is 29.8 Å². The molecule has 0 spiro atoms. The standard InChI is InChI=1S/C15H27NO2Si/c1-3-5-10-17-19(18-11-6-4-2)13-14-8-7-9-15(16)12-14/h7-9,12,19H,3-6,10-11,13,16H2,1-2H3. The molecule has 0 fully saturated rings. The van der Waals surface area contributed by atoms with Gasteiger partial charge in [0.15, 0.2) is 0 Å². The second-order valence-corrected chi connectivity index (χ2v) is 6.76. The minimum Gasteiger partial charge on any atom is -0.399 e. The first-order valence-corrected chi connectivity index (χ1v) is 9.09. The van der Waals surface area contributed by atoms with E-state index in [4.69, 9.17) is 14.6 Å². The molecule has 0 aliphatic carbocycles. The number of benzene rings is 1. The van der Waals surface area contributed by atoms with E-state index >= 15 is 0 Å². The Kier molecular flexibility index (Phi) is 8.54. The summed E-state index contributed by atoms with van der Waals surface area (Å²) in [6.07, 6.45) is 4.54. The lowest BCUT2D eigenvalue weighted by molar-refractivity contribution is 0.191. The molecule has 3 nitrogen and oxygen atoms in total. The summed E-state index contributed by atoms with van der Waals surface area (Å²) in [4.78, 5) is 0. The van der Waals surface area contributed by atoms with Crippen LogP contribution in [0.2, 0.25) is 0 Å². The molecular weight excluding hydrogens is 254 g/mol. The first-order valence-electron chi connectivity index (χ1n) is 7.33. The van der Waals surface area contributed by atoms with Crippen molar-refractivity contribution in [3.63, 3.8) is 0 Å². The second kappa shape index (κ2) is 10.0. The number of hydrogen-bond donors (Lipinski definition) is 1. The monoisotopic (exact) mass is 281 g/mol. The molecule has 0 aliphatic rings. The van der Waals surface area contributed by atoms with E-state index in [1.54, 1.807) is 0 Å². The highest BCUT2D eigenvalue weighted by Gasteiger charge is 2.14. The normalized spacial score (nSPS) is 11.1. The summed E-state index contributed by atoms with van der Waals surface area (Å²) in [5.74, 6) is 0. The molecule has 0 aromatic heterocycles. The van der Waals surface area contributed by atoms with Crippen LogP contribution < -0.4 is 5.73 Å². The topological polar surface area (TPSA) is 44.5 Å². The molecule has 0 aliphatic heterocycles. The first kappa shape index (κ1) is 16.2. The van der Waals surface area contributed by atoms with Gasteiger partial charge in [0.25, 0.3) is 0 Å². The summed E-state index contributed by atoms with van der Waals surface area (Å²) in [5.41, 5.74) is 7.85. The van der Waals surface area contributed by atoms with E-state index in [0.717, 1.165) is 50.6 Å². The van der Waals surface area contributed by atoms with E-state index in [-0.39, 0.29) is 0 Å². The van der Waals surface area contributed by atoms with Gasteiger partial charge in [-0.25, -0.2) is 0 Å². The van der Waals surface area contributed by atoms with Crippen molar-refractivity contribution < 1.29 is 8.85 Å². The van der Waals surface area contributed by atoms with Crippen molar-refractivity contribution in [1.29, 1.82) is 0 Å². The number of hydrogen-bond acceptors (Lipinski definition) is 3. The lowest BCUT2D eigenvalue weighted by atomic mass is 10.2. The Morgan fingerprint density at radius 3 is 2.21 bits per heavy atom. The lowest BCUT2D eigenvalue weighted by Gasteiger charge is -2.17. The van der Waals surface area contributed by atoms with Crippen LogP contribution in [0.25, 0.3) is 0 Å². The number of unbranched alkanes of at least 4 members (excludes halogenated alkanes) is 2. The van der Waals surface area contributed by atoms with Crippen LogP contribution in [-0.4, -0.2) is 22.5 Å². The maximum Gasteiger partial charge on any atom is 0.325 e. The van der Waals surface area contributed by atoms with E-state index in [2.05, 4.69) is 19.9 Å². The number of anilines is 1. The molecule has 1 rings (SSSR count). The van der Waals surface area contributed by atoms with E-state index < -0.39 is 9.28 Å². The molecular formula is C15H27NO2Si. The molecule has 0 bridgehead atoms. The molecule has 0 unspecified atom stereocenters. The van der Waals surface area contributed by atoms with Crippen LogP contribution >= 0.6 is 0 Å². The number of nitrogens with two attached hydrogens (primary N) is 1. The molecule has 4 heteroatoms. The van der Waals surface area contributed by atoms with Gasteiger partial charge in [0.1, 0.15) is 0 Å². The van der Waals surface area contributed by atoms with Crippen molar-refractivity contribution in [2.45, 2.75) is 45.6 Å². The van der Waals surface area contributed by atoms with Gasteiger partial charge in [-0.05, 0) is 30.5 Å². The molecule has 0 saturated carbocycles. The van der Waals surface area contributed by atoms with Gasteiger partial charge in [-0.3, -0.25) is 0 Å². The van der Waals surface area contributed by atoms with Crippen LogP contribution in [0.5, 0.6) is 0 Å². The summed E-state index contributed by atoms with van der Waals surface area (Å²) in [5, 5.41) is 0. The Hall–Kier alpha value is -0.843. The third-order valence-corrected chi connectivity index (χ3v) is 4.98.